The molecule has 1 aliphatic carbocycles. The molecule has 2 N–H and O–H groups in total. The van der Waals surface area contributed by atoms with E-state index in [2.05, 4.69) is 62.0 Å². The van der Waals surface area contributed by atoms with Gasteiger partial charge >= 0.3 is 0 Å². The van der Waals surface area contributed by atoms with Crippen molar-refractivity contribution in [1.82, 2.24) is 30.8 Å². The van der Waals surface area contributed by atoms with Crippen molar-refractivity contribution in [3.63, 3.8) is 0 Å². The van der Waals surface area contributed by atoms with Gasteiger partial charge in [0, 0.05) is 29.7 Å². The van der Waals surface area contributed by atoms with Crippen molar-refractivity contribution in [2.75, 3.05) is 0 Å². The molecule has 2 aliphatic rings. The lowest BCUT2D eigenvalue weighted by Crippen LogP contribution is -2.34. The van der Waals surface area contributed by atoms with Gasteiger partial charge in [0.1, 0.15) is 5.01 Å². The first kappa shape index (κ1) is 16.1. The van der Waals surface area contributed by atoms with Gasteiger partial charge in [-0.05, 0) is 30.7 Å². The van der Waals surface area contributed by atoms with Gasteiger partial charge in [0.2, 0.25) is 0 Å². The summed E-state index contributed by atoms with van der Waals surface area (Å²) in [6, 6.07) is 11.3. The molecule has 1 saturated heterocycles. The van der Waals surface area contributed by atoms with E-state index in [4.69, 9.17) is 0 Å². The minimum absolute atomic E-state index is 0.308. The Morgan fingerprint density at radius 2 is 2.08 bits per heavy atom. The predicted molar refractivity (Wildman–Crippen MR) is 101 cm³/mol. The van der Waals surface area contributed by atoms with Crippen molar-refractivity contribution in [2.45, 2.75) is 43.8 Å². The lowest BCUT2D eigenvalue weighted by molar-refractivity contribution is 0.275. The van der Waals surface area contributed by atoms with Crippen molar-refractivity contribution in [2.24, 2.45) is 5.92 Å². The molecular formula is C19H22N6S. The van der Waals surface area contributed by atoms with Crippen molar-refractivity contribution < 1.29 is 0 Å². The number of fused-ring (bicyclic) bond motifs is 1. The molecule has 4 atom stereocenters. The van der Waals surface area contributed by atoms with E-state index in [1.54, 1.807) is 11.3 Å². The van der Waals surface area contributed by atoms with Gasteiger partial charge in [0.15, 0.2) is 0 Å². The van der Waals surface area contributed by atoms with Gasteiger partial charge in [-0.15, -0.1) is 16.4 Å². The molecule has 7 heteroatoms. The third-order valence-electron chi connectivity index (χ3n) is 5.63. The maximum atomic E-state index is 4.52. The summed E-state index contributed by atoms with van der Waals surface area (Å²) in [6.45, 7) is 0.775. The van der Waals surface area contributed by atoms with Gasteiger partial charge in [-0.3, -0.25) is 5.43 Å². The normalized spacial score (nSPS) is 28.2. The molecule has 6 nitrogen and oxygen atoms in total. The zero-order valence-electron chi connectivity index (χ0n) is 14.5. The molecule has 0 radical (unpaired) electrons. The molecule has 5 rings (SSSR count). The van der Waals surface area contributed by atoms with E-state index in [-0.39, 0.29) is 0 Å². The van der Waals surface area contributed by atoms with E-state index in [0.29, 0.717) is 23.9 Å². The second kappa shape index (κ2) is 6.90. The average molecular weight is 366 g/mol. The topological polar surface area (TPSA) is 67.7 Å². The van der Waals surface area contributed by atoms with Gasteiger partial charge in [-0.2, -0.15) is 0 Å². The van der Waals surface area contributed by atoms with E-state index in [0.717, 1.165) is 31.5 Å². The summed E-state index contributed by atoms with van der Waals surface area (Å²) in [6.07, 6.45) is 7.47. The van der Waals surface area contributed by atoms with Crippen molar-refractivity contribution in [3.8, 4) is 0 Å². The molecular weight excluding hydrogens is 344 g/mol. The third kappa shape index (κ3) is 3.06. The van der Waals surface area contributed by atoms with Crippen LogP contribution in [0.1, 0.15) is 47.5 Å². The number of hydrogen-bond acceptors (Lipinski definition) is 6. The molecule has 3 aromatic rings. The molecule has 2 fully saturated rings. The molecule has 2 aromatic heterocycles. The first-order valence-corrected chi connectivity index (χ1v) is 10.1. The maximum absolute atomic E-state index is 4.52. The van der Waals surface area contributed by atoms with Gasteiger partial charge in [-0.1, -0.05) is 35.5 Å². The van der Waals surface area contributed by atoms with Crippen LogP contribution in [0.15, 0.2) is 48.1 Å². The van der Waals surface area contributed by atoms with Crippen LogP contribution in [-0.4, -0.2) is 26.0 Å². The number of nitrogens with one attached hydrogen (secondary N) is 2. The van der Waals surface area contributed by atoms with Crippen LogP contribution in [0.3, 0.4) is 0 Å². The standard InChI is InChI=1S/C19H22N6S/c1-2-4-13(5-3-1)11-25-12-17(22-24-25)14-6-7-16-15(10-14)18(23-21-16)19-20-8-9-26-19/h1-5,8-9,12,14-16,18,21,23H,6-7,10-11H2. The van der Waals surface area contributed by atoms with Crippen LogP contribution in [0.5, 0.6) is 0 Å². The number of hydrogen-bond donors (Lipinski definition) is 2. The van der Waals surface area contributed by atoms with Crippen LogP contribution in [-0.2, 0) is 6.54 Å². The highest BCUT2D eigenvalue weighted by Gasteiger charge is 2.42. The molecule has 0 amide bonds. The maximum Gasteiger partial charge on any atom is 0.111 e. The fourth-order valence-electron chi connectivity index (χ4n) is 4.31. The summed E-state index contributed by atoms with van der Waals surface area (Å²) in [5.74, 6) is 1.03. The zero-order valence-corrected chi connectivity index (χ0v) is 15.3. The minimum atomic E-state index is 0.308. The summed E-state index contributed by atoms with van der Waals surface area (Å²) in [5.41, 5.74) is 9.33. The smallest absolute Gasteiger partial charge is 0.111 e. The average Bonchev–Trinajstić information content (AvgIpc) is 3.42. The Morgan fingerprint density at radius 1 is 1.15 bits per heavy atom. The van der Waals surface area contributed by atoms with Crippen LogP contribution in [0.25, 0.3) is 0 Å². The Hall–Kier alpha value is -2.09. The lowest BCUT2D eigenvalue weighted by atomic mass is 9.75. The van der Waals surface area contributed by atoms with Crippen molar-refractivity contribution in [1.29, 1.82) is 0 Å². The van der Waals surface area contributed by atoms with Crippen LogP contribution < -0.4 is 10.9 Å². The third-order valence-corrected chi connectivity index (χ3v) is 6.49. The Morgan fingerprint density at radius 3 is 2.92 bits per heavy atom. The number of hydrazine groups is 1. The first-order valence-electron chi connectivity index (χ1n) is 9.21. The summed E-state index contributed by atoms with van der Waals surface area (Å²) >= 11 is 1.73. The van der Waals surface area contributed by atoms with Crippen molar-refractivity contribution >= 4 is 11.3 Å². The lowest BCUT2D eigenvalue weighted by Gasteiger charge is -2.31. The molecule has 4 unspecified atom stereocenters. The summed E-state index contributed by atoms with van der Waals surface area (Å²) in [4.78, 5) is 4.52. The molecule has 134 valence electrons. The van der Waals surface area contributed by atoms with E-state index in [9.17, 15) is 0 Å². The molecule has 26 heavy (non-hydrogen) atoms. The number of thiazole rings is 1. The second-order valence-electron chi connectivity index (χ2n) is 7.24. The molecule has 1 aromatic carbocycles. The highest BCUT2D eigenvalue weighted by Crippen LogP contribution is 2.43. The fourth-order valence-corrected chi connectivity index (χ4v) is 5.07. The highest BCUT2D eigenvalue weighted by molar-refractivity contribution is 7.09. The van der Waals surface area contributed by atoms with Crippen LogP contribution in [0.4, 0.5) is 0 Å². The first-order chi connectivity index (χ1) is 12.9. The summed E-state index contributed by atoms with van der Waals surface area (Å²) < 4.78 is 1.96. The monoisotopic (exact) mass is 366 g/mol. The van der Waals surface area contributed by atoms with E-state index >= 15 is 0 Å². The summed E-state index contributed by atoms with van der Waals surface area (Å²) in [5, 5.41) is 12.1. The Labute approximate surface area is 156 Å². The van der Waals surface area contributed by atoms with Gasteiger partial charge in [-0.25, -0.2) is 15.1 Å². The molecule has 3 heterocycles. The minimum Gasteiger partial charge on any atom is -0.254 e. The predicted octanol–water partition coefficient (Wildman–Crippen LogP) is 2.88. The van der Waals surface area contributed by atoms with Crippen molar-refractivity contribution in [3.05, 3.63) is 64.4 Å². The number of rotatable bonds is 4. The quantitative estimate of drug-likeness (QED) is 0.743. The van der Waals surface area contributed by atoms with Crippen LogP contribution in [0, 0.1) is 5.92 Å². The van der Waals surface area contributed by atoms with Gasteiger partial charge < -0.3 is 0 Å². The number of nitrogens with zero attached hydrogens (tertiary/aromatic N) is 4. The second-order valence-corrected chi connectivity index (χ2v) is 8.17. The molecule has 0 spiro atoms. The number of benzene rings is 1. The highest BCUT2D eigenvalue weighted by atomic mass is 32.1. The van der Waals surface area contributed by atoms with Gasteiger partial charge in [0.25, 0.3) is 0 Å². The summed E-state index contributed by atoms with van der Waals surface area (Å²) in [7, 11) is 0. The Kier molecular flexibility index (Phi) is 4.28. The SMILES string of the molecule is c1ccc(Cn2cc(C3CCC4NNC(c5nccs5)C4C3)nn2)cc1. The van der Waals surface area contributed by atoms with E-state index < -0.39 is 0 Å². The van der Waals surface area contributed by atoms with Crippen LogP contribution in [0.2, 0.25) is 0 Å². The Bertz CT molecular complexity index is 846. The fraction of sp³-hybridized carbons (Fsp3) is 0.421. The Balaban J connectivity index is 1.30. The largest absolute Gasteiger partial charge is 0.254 e. The van der Waals surface area contributed by atoms with E-state index in [1.807, 2.05) is 16.9 Å². The zero-order chi connectivity index (χ0) is 17.3. The molecule has 1 saturated carbocycles. The van der Waals surface area contributed by atoms with E-state index in [1.165, 1.54) is 10.6 Å². The molecule has 1 aliphatic heterocycles. The number of aromatic nitrogens is 4. The van der Waals surface area contributed by atoms with Gasteiger partial charge in [0.05, 0.1) is 18.3 Å². The molecule has 0 bridgehead atoms. The van der Waals surface area contributed by atoms with Crippen LogP contribution >= 0.6 is 11.3 Å².